The molecule has 0 atom stereocenters. The molecule has 11 heavy (non-hydrogen) atoms. The smallest absolute Gasteiger partial charge is 0.256 e. The molecule has 0 spiro atoms. The Morgan fingerprint density at radius 1 is 1.55 bits per heavy atom. The van der Waals surface area contributed by atoms with Crippen LogP contribution >= 0.6 is 0 Å². The number of carbonyl (C=O) groups is 2. The first-order chi connectivity index (χ1) is 5.11. The van der Waals surface area contributed by atoms with Gasteiger partial charge < -0.3 is 4.90 Å². The van der Waals surface area contributed by atoms with E-state index in [0.29, 0.717) is 13.1 Å². The van der Waals surface area contributed by atoms with Crippen LogP contribution < -0.4 is 5.84 Å². The minimum Gasteiger partial charge on any atom is -0.332 e. The van der Waals surface area contributed by atoms with Gasteiger partial charge in [-0.25, -0.2) is 5.84 Å². The van der Waals surface area contributed by atoms with E-state index in [2.05, 4.69) is 0 Å². The maximum Gasteiger partial charge on any atom is 0.256 e. The third kappa shape index (κ3) is 1.68. The van der Waals surface area contributed by atoms with Crippen molar-refractivity contribution in [2.45, 2.75) is 6.92 Å². The highest BCUT2D eigenvalue weighted by Gasteiger charge is 2.22. The number of nitrogens with two attached hydrogens (primary N) is 1. The topological polar surface area (TPSA) is 66.6 Å². The molecule has 2 amide bonds. The lowest BCUT2D eigenvalue weighted by Crippen LogP contribution is -2.54. The van der Waals surface area contributed by atoms with E-state index in [9.17, 15) is 9.59 Å². The van der Waals surface area contributed by atoms with E-state index in [4.69, 9.17) is 5.84 Å². The van der Waals surface area contributed by atoms with Crippen LogP contribution in [0.25, 0.3) is 0 Å². The van der Waals surface area contributed by atoms with Gasteiger partial charge in [0, 0.05) is 13.5 Å². The molecule has 1 heterocycles. The average molecular weight is 157 g/mol. The van der Waals surface area contributed by atoms with E-state index in [0.717, 1.165) is 5.01 Å². The summed E-state index contributed by atoms with van der Waals surface area (Å²) in [5.74, 6) is 5.01. The summed E-state index contributed by atoms with van der Waals surface area (Å²) in [6, 6.07) is 0. The van der Waals surface area contributed by atoms with Crippen molar-refractivity contribution in [3.8, 4) is 0 Å². The van der Waals surface area contributed by atoms with E-state index in [1.807, 2.05) is 0 Å². The molecule has 5 nitrogen and oxygen atoms in total. The van der Waals surface area contributed by atoms with Gasteiger partial charge in [0.25, 0.3) is 5.91 Å². The molecule has 1 aliphatic rings. The van der Waals surface area contributed by atoms with Crippen LogP contribution in [0.2, 0.25) is 0 Å². The van der Waals surface area contributed by atoms with Crippen LogP contribution in [0.3, 0.4) is 0 Å². The van der Waals surface area contributed by atoms with E-state index in [1.165, 1.54) is 11.8 Å². The van der Waals surface area contributed by atoms with Gasteiger partial charge in [-0.2, -0.15) is 0 Å². The summed E-state index contributed by atoms with van der Waals surface area (Å²) in [5, 5.41) is 1.14. The number of nitrogens with zero attached hydrogens (tertiary/aromatic N) is 2. The number of carbonyl (C=O) groups excluding carboxylic acids is 2. The fraction of sp³-hybridized carbons (Fsp3) is 0.667. The maximum atomic E-state index is 10.9. The van der Waals surface area contributed by atoms with Crippen molar-refractivity contribution in [3.05, 3.63) is 0 Å². The summed E-state index contributed by atoms with van der Waals surface area (Å²) in [6.45, 7) is 2.53. The molecule has 1 saturated heterocycles. The average Bonchev–Trinajstić information content (AvgIpc) is 1.94. The zero-order valence-electron chi connectivity index (χ0n) is 6.41. The predicted octanol–water partition coefficient (Wildman–Crippen LogP) is -1.45. The number of piperazine rings is 1. The Bertz CT molecular complexity index is 192. The lowest BCUT2D eigenvalue weighted by atomic mass is 10.3. The molecule has 0 aliphatic carbocycles. The minimum absolute atomic E-state index is 0.0774. The minimum atomic E-state index is -0.202. The summed E-state index contributed by atoms with van der Waals surface area (Å²) in [6.07, 6.45) is 0. The molecule has 62 valence electrons. The molecule has 0 aromatic carbocycles. The van der Waals surface area contributed by atoms with Crippen molar-refractivity contribution in [2.75, 3.05) is 19.6 Å². The lowest BCUT2D eigenvalue weighted by molar-refractivity contribution is -0.144. The molecule has 0 unspecified atom stereocenters. The molecular formula is C6H11N3O2. The molecule has 2 N–H and O–H groups in total. The molecule has 0 aromatic rings. The van der Waals surface area contributed by atoms with Gasteiger partial charge in [-0.15, -0.1) is 0 Å². The Balaban J connectivity index is 2.53. The summed E-state index contributed by atoms with van der Waals surface area (Å²) in [7, 11) is 0. The predicted molar refractivity (Wildman–Crippen MR) is 38.2 cm³/mol. The number of hydrogen-bond acceptors (Lipinski definition) is 3. The van der Waals surface area contributed by atoms with Crippen molar-refractivity contribution in [3.63, 3.8) is 0 Å². The molecule has 1 aliphatic heterocycles. The second-order valence-electron chi connectivity index (χ2n) is 2.53. The Labute approximate surface area is 64.7 Å². The largest absolute Gasteiger partial charge is 0.332 e. The summed E-state index contributed by atoms with van der Waals surface area (Å²) >= 11 is 0. The number of hydrogen-bond donors (Lipinski definition) is 1. The summed E-state index contributed by atoms with van der Waals surface area (Å²) in [5.41, 5.74) is 0. The molecule has 0 aromatic heterocycles. The van der Waals surface area contributed by atoms with Crippen molar-refractivity contribution < 1.29 is 9.59 Å². The second-order valence-corrected chi connectivity index (χ2v) is 2.53. The van der Waals surface area contributed by atoms with Gasteiger partial charge in [-0.3, -0.25) is 14.6 Å². The van der Waals surface area contributed by atoms with Crippen LogP contribution in [0.1, 0.15) is 6.92 Å². The fourth-order valence-electron chi connectivity index (χ4n) is 0.955. The quantitative estimate of drug-likeness (QED) is 0.345. The van der Waals surface area contributed by atoms with Crippen molar-refractivity contribution >= 4 is 11.8 Å². The first-order valence-electron chi connectivity index (χ1n) is 3.42. The van der Waals surface area contributed by atoms with E-state index < -0.39 is 0 Å². The Hall–Kier alpha value is -1.10. The molecular weight excluding hydrogens is 146 g/mol. The lowest BCUT2D eigenvalue weighted by Gasteiger charge is -2.30. The Morgan fingerprint density at radius 3 is 2.64 bits per heavy atom. The summed E-state index contributed by atoms with van der Waals surface area (Å²) in [4.78, 5) is 23.2. The molecule has 0 saturated carbocycles. The molecule has 1 rings (SSSR count). The second kappa shape index (κ2) is 2.87. The SMILES string of the molecule is CC(=O)N1CCN(N)C(=O)C1. The normalized spacial score (nSPS) is 18.9. The third-order valence-corrected chi connectivity index (χ3v) is 1.70. The standard InChI is InChI=1S/C6H11N3O2/c1-5(10)8-2-3-9(7)6(11)4-8/h2-4,7H2,1H3. The van der Waals surface area contributed by atoms with Gasteiger partial charge in [0.2, 0.25) is 5.91 Å². The Kier molecular flexibility index (Phi) is 2.09. The van der Waals surface area contributed by atoms with Gasteiger partial charge >= 0.3 is 0 Å². The summed E-state index contributed by atoms with van der Waals surface area (Å²) < 4.78 is 0. The van der Waals surface area contributed by atoms with Gasteiger partial charge in [0.15, 0.2) is 0 Å². The zero-order chi connectivity index (χ0) is 8.43. The maximum absolute atomic E-state index is 10.9. The van der Waals surface area contributed by atoms with Crippen LogP contribution in [-0.2, 0) is 9.59 Å². The zero-order valence-corrected chi connectivity index (χ0v) is 6.41. The molecule has 0 bridgehead atoms. The number of hydrazine groups is 1. The molecule has 5 heteroatoms. The van der Waals surface area contributed by atoms with Gasteiger partial charge in [0.1, 0.15) is 6.54 Å². The highest BCUT2D eigenvalue weighted by atomic mass is 16.2. The van der Waals surface area contributed by atoms with Crippen LogP contribution in [0.15, 0.2) is 0 Å². The van der Waals surface area contributed by atoms with Crippen LogP contribution in [0.4, 0.5) is 0 Å². The van der Waals surface area contributed by atoms with Crippen molar-refractivity contribution in [1.29, 1.82) is 0 Å². The third-order valence-electron chi connectivity index (χ3n) is 1.70. The highest BCUT2D eigenvalue weighted by Crippen LogP contribution is 1.98. The van der Waals surface area contributed by atoms with Gasteiger partial charge in [0.05, 0.1) is 6.54 Å². The van der Waals surface area contributed by atoms with Crippen LogP contribution in [0, 0.1) is 0 Å². The van der Waals surface area contributed by atoms with Gasteiger partial charge in [-0.05, 0) is 0 Å². The van der Waals surface area contributed by atoms with Crippen LogP contribution in [-0.4, -0.2) is 41.4 Å². The monoisotopic (exact) mass is 157 g/mol. The fourth-order valence-corrected chi connectivity index (χ4v) is 0.955. The number of amides is 2. The van der Waals surface area contributed by atoms with Crippen molar-refractivity contribution in [1.82, 2.24) is 9.91 Å². The first kappa shape index (κ1) is 8.00. The van der Waals surface area contributed by atoms with Crippen molar-refractivity contribution in [2.24, 2.45) is 5.84 Å². The first-order valence-corrected chi connectivity index (χ1v) is 3.42. The van der Waals surface area contributed by atoms with E-state index in [1.54, 1.807) is 0 Å². The molecule has 1 fully saturated rings. The van der Waals surface area contributed by atoms with Gasteiger partial charge in [-0.1, -0.05) is 0 Å². The van der Waals surface area contributed by atoms with Crippen LogP contribution in [0.5, 0.6) is 0 Å². The van der Waals surface area contributed by atoms with E-state index in [-0.39, 0.29) is 18.4 Å². The Morgan fingerprint density at radius 2 is 2.18 bits per heavy atom. The number of rotatable bonds is 0. The van der Waals surface area contributed by atoms with E-state index >= 15 is 0 Å². The molecule has 0 radical (unpaired) electrons. The highest BCUT2D eigenvalue weighted by molar-refractivity contribution is 5.84.